The van der Waals surface area contributed by atoms with Crippen molar-refractivity contribution in [2.75, 3.05) is 24.6 Å². The summed E-state index contributed by atoms with van der Waals surface area (Å²) in [5.41, 5.74) is 0.624. The number of pyridine rings is 3. The molecule has 0 unspecified atom stereocenters. The number of nitrogens with zero attached hydrogens (tertiary/aromatic N) is 5. The van der Waals surface area contributed by atoms with Gasteiger partial charge in [0.2, 0.25) is 11.4 Å². The van der Waals surface area contributed by atoms with Crippen LogP contribution in [0.3, 0.4) is 0 Å². The lowest BCUT2D eigenvalue weighted by Crippen LogP contribution is -2.51. The molecule has 4 heterocycles. The third-order valence-corrected chi connectivity index (χ3v) is 5.72. The van der Waals surface area contributed by atoms with Crippen molar-refractivity contribution in [1.82, 2.24) is 14.5 Å². The molecule has 4 rings (SSSR count). The van der Waals surface area contributed by atoms with Crippen molar-refractivity contribution >= 4 is 22.5 Å². The quantitative estimate of drug-likeness (QED) is 0.523. The predicted molar refractivity (Wildman–Crippen MR) is 119 cm³/mol. The number of aryl methyl sites for hydroxylation is 1. The summed E-state index contributed by atoms with van der Waals surface area (Å²) >= 11 is 0. The monoisotopic (exact) mass is 473 g/mol. The van der Waals surface area contributed by atoms with E-state index in [4.69, 9.17) is 16.0 Å². The number of piperidine rings is 1. The van der Waals surface area contributed by atoms with Crippen molar-refractivity contribution in [1.29, 1.82) is 0 Å². The Kier molecular flexibility index (Phi) is 6.43. The fourth-order valence-corrected chi connectivity index (χ4v) is 4.03. The van der Waals surface area contributed by atoms with Crippen LogP contribution in [0.2, 0.25) is 0 Å². The highest BCUT2D eigenvalue weighted by molar-refractivity contribution is 5.89. The summed E-state index contributed by atoms with van der Waals surface area (Å²) in [6.07, 6.45) is -4.03. The van der Waals surface area contributed by atoms with Gasteiger partial charge in [0.15, 0.2) is 0 Å². The van der Waals surface area contributed by atoms with Crippen molar-refractivity contribution in [2.45, 2.75) is 31.7 Å². The van der Waals surface area contributed by atoms with Crippen LogP contribution in [0, 0.1) is 6.57 Å². The molecule has 1 fully saturated rings. The molecule has 0 bridgehead atoms. The number of ether oxygens (including phenoxy) is 2. The van der Waals surface area contributed by atoms with Crippen LogP contribution in [-0.4, -0.2) is 46.4 Å². The van der Waals surface area contributed by atoms with E-state index in [0.29, 0.717) is 42.8 Å². The minimum atomic E-state index is -4.50. The number of rotatable bonds is 5. The summed E-state index contributed by atoms with van der Waals surface area (Å²) in [5, 5.41) is 0. The molecule has 34 heavy (non-hydrogen) atoms. The van der Waals surface area contributed by atoms with Crippen molar-refractivity contribution in [3.8, 4) is 5.88 Å². The first-order valence-electron chi connectivity index (χ1n) is 10.7. The maximum Gasteiger partial charge on any atom is 0.416 e. The van der Waals surface area contributed by atoms with Gasteiger partial charge in [-0.2, -0.15) is 13.2 Å². The molecule has 0 aromatic carbocycles. The number of alkyl halides is 3. The van der Waals surface area contributed by atoms with Gasteiger partial charge in [0.25, 0.3) is 11.4 Å². The minimum Gasteiger partial charge on any atom is -0.471 e. The average Bonchev–Trinajstić information content (AvgIpc) is 2.82. The molecule has 0 aliphatic carbocycles. The first kappa shape index (κ1) is 23.5. The summed E-state index contributed by atoms with van der Waals surface area (Å²) in [6.45, 7) is 10.2. The van der Waals surface area contributed by atoms with Crippen LogP contribution in [0.15, 0.2) is 41.3 Å². The molecule has 2 atom stereocenters. The van der Waals surface area contributed by atoms with E-state index in [1.165, 1.54) is 10.6 Å². The second-order valence-electron chi connectivity index (χ2n) is 7.84. The van der Waals surface area contributed by atoms with Crippen LogP contribution in [-0.2, 0) is 18.0 Å². The molecule has 0 amide bonds. The lowest BCUT2D eigenvalue weighted by atomic mass is 10.0. The molecule has 178 valence electrons. The van der Waals surface area contributed by atoms with Crippen molar-refractivity contribution < 1.29 is 22.6 Å². The summed E-state index contributed by atoms with van der Waals surface area (Å²) in [5.74, 6) is 0.0861. The molecule has 1 aliphatic heterocycles. The fraction of sp³-hybridized carbons (Fsp3) is 0.391. The highest BCUT2D eigenvalue weighted by atomic mass is 19.4. The minimum absolute atomic E-state index is 0.125. The molecule has 0 N–H and O–H groups in total. The van der Waals surface area contributed by atoms with Crippen molar-refractivity contribution in [2.24, 2.45) is 7.05 Å². The lowest BCUT2D eigenvalue weighted by molar-refractivity contribution is -0.137. The second kappa shape index (κ2) is 9.30. The molecule has 0 radical (unpaired) electrons. The highest BCUT2D eigenvalue weighted by Gasteiger charge is 2.35. The Morgan fingerprint density at radius 1 is 1.24 bits per heavy atom. The van der Waals surface area contributed by atoms with E-state index in [0.717, 1.165) is 18.3 Å². The molecule has 11 heteroatoms. The fourth-order valence-electron chi connectivity index (χ4n) is 4.03. The van der Waals surface area contributed by atoms with Crippen LogP contribution in [0.25, 0.3) is 15.9 Å². The SMILES string of the molecule is [C-]#[N+]c1ccc2c(n1)c(N1CC[C@H](Oc3cc(C(F)(F)F)ccn3)[C@@H](OCC)C1)cc(=O)n2C. The zero-order chi connectivity index (χ0) is 24.5. The Morgan fingerprint density at radius 2 is 2.03 bits per heavy atom. The molecule has 0 saturated carbocycles. The van der Waals surface area contributed by atoms with Gasteiger partial charge >= 0.3 is 6.18 Å². The van der Waals surface area contributed by atoms with Gasteiger partial charge in [0, 0.05) is 51.5 Å². The standard InChI is InChI=1S/C23H22F3N5O3/c1-4-33-18-13-31(10-8-17(18)34-20-11-14(7-9-28-20)23(24,25)26)16-12-21(32)30(3)15-5-6-19(27-2)29-22(15)16/h5-7,9,11-12,17-18H,4,8,10,13H2,1,3H3/t17-,18-/m0/s1. The summed E-state index contributed by atoms with van der Waals surface area (Å²) < 4.78 is 52.3. The van der Waals surface area contributed by atoms with Gasteiger partial charge in [-0.25, -0.2) is 4.98 Å². The lowest BCUT2D eigenvalue weighted by Gasteiger charge is -2.39. The molecule has 8 nitrogen and oxygen atoms in total. The summed E-state index contributed by atoms with van der Waals surface area (Å²) in [7, 11) is 1.64. The van der Waals surface area contributed by atoms with Crippen LogP contribution in [0.1, 0.15) is 18.9 Å². The molecule has 0 spiro atoms. The molecular weight excluding hydrogens is 451 g/mol. The molecule has 3 aromatic heterocycles. The topological polar surface area (TPSA) is 73.8 Å². The summed E-state index contributed by atoms with van der Waals surface area (Å²) in [4.78, 5) is 26.2. The molecular formula is C23H22F3N5O3. The van der Waals surface area contributed by atoms with Gasteiger partial charge < -0.3 is 23.8 Å². The molecule has 3 aromatic rings. The van der Waals surface area contributed by atoms with E-state index < -0.39 is 23.9 Å². The smallest absolute Gasteiger partial charge is 0.416 e. The Hall–Kier alpha value is -3.65. The first-order valence-corrected chi connectivity index (χ1v) is 10.7. The zero-order valence-corrected chi connectivity index (χ0v) is 18.5. The van der Waals surface area contributed by atoms with Crippen LogP contribution in [0.5, 0.6) is 5.88 Å². The van der Waals surface area contributed by atoms with Gasteiger partial charge in [0.05, 0.1) is 16.8 Å². The maximum atomic E-state index is 13.1. The first-order chi connectivity index (χ1) is 16.2. The van der Waals surface area contributed by atoms with Gasteiger partial charge in [-0.1, -0.05) is 6.57 Å². The second-order valence-corrected chi connectivity index (χ2v) is 7.84. The Labute approximate surface area is 193 Å². The third-order valence-electron chi connectivity index (χ3n) is 5.72. The van der Waals surface area contributed by atoms with E-state index in [1.54, 1.807) is 19.2 Å². The van der Waals surface area contributed by atoms with Crippen molar-refractivity contribution in [3.63, 3.8) is 0 Å². The van der Waals surface area contributed by atoms with Gasteiger partial charge in [0.1, 0.15) is 12.2 Å². The van der Waals surface area contributed by atoms with E-state index in [2.05, 4.69) is 14.8 Å². The van der Waals surface area contributed by atoms with Crippen LogP contribution in [0.4, 0.5) is 24.7 Å². The highest BCUT2D eigenvalue weighted by Crippen LogP contribution is 2.32. The van der Waals surface area contributed by atoms with Gasteiger partial charge in [-0.05, 0) is 25.1 Å². The number of aromatic nitrogens is 3. The third kappa shape index (κ3) is 4.68. The van der Waals surface area contributed by atoms with Crippen LogP contribution < -0.4 is 15.2 Å². The number of fused-ring (bicyclic) bond motifs is 1. The Morgan fingerprint density at radius 3 is 2.74 bits per heavy atom. The van der Waals surface area contributed by atoms with Crippen LogP contribution >= 0.6 is 0 Å². The molecule has 1 saturated heterocycles. The van der Waals surface area contributed by atoms with E-state index in [1.807, 2.05) is 11.8 Å². The number of hydrogen-bond acceptors (Lipinski definition) is 6. The summed E-state index contributed by atoms with van der Waals surface area (Å²) in [6, 6.07) is 6.49. The molecule has 1 aliphatic rings. The van der Waals surface area contributed by atoms with Gasteiger partial charge in [-0.15, -0.1) is 4.98 Å². The average molecular weight is 473 g/mol. The zero-order valence-electron chi connectivity index (χ0n) is 18.5. The largest absolute Gasteiger partial charge is 0.471 e. The maximum absolute atomic E-state index is 13.1. The van der Waals surface area contributed by atoms with Crippen molar-refractivity contribution in [3.05, 3.63) is 63.9 Å². The normalized spacial score (nSPS) is 18.6. The van der Waals surface area contributed by atoms with E-state index in [9.17, 15) is 18.0 Å². The van der Waals surface area contributed by atoms with E-state index in [-0.39, 0.29) is 17.3 Å². The number of halogens is 3. The number of anilines is 1. The van der Waals surface area contributed by atoms with Gasteiger partial charge in [-0.3, -0.25) is 4.79 Å². The Bertz CT molecular complexity index is 1300. The predicted octanol–water partition coefficient (Wildman–Crippen LogP) is 3.96. The number of hydrogen-bond donors (Lipinski definition) is 0. The Balaban J connectivity index is 1.63. The van der Waals surface area contributed by atoms with E-state index >= 15 is 0 Å².